The molecular weight excluding hydrogens is 279 g/mol. The van der Waals surface area contributed by atoms with Crippen LogP contribution in [0.1, 0.15) is 17.2 Å². The van der Waals surface area contributed by atoms with Gasteiger partial charge < -0.3 is 5.73 Å². The molecule has 1 nitrogen and oxygen atoms in total. The van der Waals surface area contributed by atoms with Gasteiger partial charge in [0, 0.05) is 15.6 Å². The van der Waals surface area contributed by atoms with Crippen molar-refractivity contribution in [1.29, 1.82) is 0 Å². The molecule has 0 radical (unpaired) electrons. The molecule has 0 spiro atoms. The Bertz CT molecular complexity index is 567. The van der Waals surface area contributed by atoms with Crippen molar-refractivity contribution in [3.8, 4) is 0 Å². The maximum Gasteiger partial charge on any atom is 0.131 e. The van der Waals surface area contributed by atoms with Crippen LogP contribution >= 0.6 is 23.2 Å². The van der Waals surface area contributed by atoms with Gasteiger partial charge in [0.25, 0.3) is 0 Å². The molecule has 94 valence electrons. The first-order chi connectivity index (χ1) is 8.50. The first kappa shape index (κ1) is 13.3. The summed E-state index contributed by atoms with van der Waals surface area (Å²) in [6.07, 6.45) is 0. The number of halogens is 4. The average molecular weight is 288 g/mol. The van der Waals surface area contributed by atoms with Crippen LogP contribution in [0.25, 0.3) is 0 Å². The fourth-order valence-electron chi connectivity index (χ4n) is 1.72. The van der Waals surface area contributed by atoms with Gasteiger partial charge in [0.15, 0.2) is 0 Å². The summed E-state index contributed by atoms with van der Waals surface area (Å²) in [5.41, 5.74) is 6.03. The Morgan fingerprint density at radius 2 is 1.61 bits per heavy atom. The van der Waals surface area contributed by atoms with E-state index in [-0.39, 0.29) is 5.56 Å². The third kappa shape index (κ3) is 2.48. The maximum atomic E-state index is 13.6. The molecule has 0 bridgehead atoms. The third-order valence-electron chi connectivity index (χ3n) is 2.60. The summed E-state index contributed by atoms with van der Waals surface area (Å²) in [6.45, 7) is 0. The quantitative estimate of drug-likeness (QED) is 0.875. The summed E-state index contributed by atoms with van der Waals surface area (Å²) in [6, 6.07) is 7.20. The maximum absolute atomic E-state index is 13.6. The van der Waals surface area contributed by atoms with Crippen molar-refractivity contribution in [2.45, 2.75) is 6.04 Å². The van der Waals surface area contributed by atoms with Crippen molar-refractivity contribution in [1.82, 2.24) is 0 Å². The van der Waals surface area contributed by atoms with Crippen LogP contribution in [0.15, 0.2) is 36.4 Å². The molecule has 0 saturated carbocycles. The van der Waals surface area contributed by atoms with Gasteiger partial charge in [-0.3, -0.25) is 0 Å². The highest BCUT2D eigenvalue weighted by Gasteiger charge is 2.20. The molecule has 18 heavy (non-hydrogen) atoms. The molecule has 1 unspecified atom stereocenters. The van der Waals surface area contributed by atoms with Crippen molar-refractivity contribution >= 4 is 23.2 Å². The van der Waals surface area contributed by atoms with Gasteiger partial charge in [-0.1, -0.05) is 29.3 Å². The molecule has 2 rings (SSSR count). The molecule has 0 aliphatic carbocycles. The van der Waals surface area contributed by atoms with E-state index < -0.39 is 17.7 Å². The van der Waals surface area contributed by atoms with E-state index in [1.165, 1.54) is 18.2 Å². The van der Waals surface area contributed by atoms with E-state index in [4.69, 9.17) is 28.9 Å². The van der Waals surface area contributed by atoms with Crippen LogP contribution in [-0.2, 0) is 0 Å². The van der Waals surface area contributed by atoms with Gasteiger partial charge in [0.05, 0.1) is 6.04 Å². The molecule has 0 saturated heterocycles. The van der Waals surface area contributed by atoms with E-state index in [9.17, 15) is 8.78 Å². The summed E-state index contributed by atoms with van der Waals surface area (Å²) in [4.78, 5) is 0. The standard InChI is InChI=1S/C13H9Cl2F2N/c14-7-4-5-9(15)8(6-7)13(18)12-10(16)2-1-3-11(12)17/h1-6,13H,18H2. The summed E-state index contributed by atoms with van der Waals surface area (Å²) in [5, 5.41) is 0.719. The van der Waals surface area contributed by atoms with E-state index in [1.54, 1.807) is 6.07 Å². The first-order valence-electron chi connectivity index (χ1n) is 5.15. The number of hydrogen-bond donors (Lipinski definition) is 1. The Morgan fingerprint density at radius 3 is 2.22 bits per heavy atom. The molecular formula is C13H9Cl2F2N. The molecule has 1 atom stereocenters. The molecule has 5 heteroatoms. The van der Waals surface area contributed by atoms with E-state index in [2.05, 4.69) is 0 Å². The highest BCUT2D eigenvalue weighted by molar-refractivity contribution is 6.33. The second-order valence-corrected chi connectivity index (χ2v) is 4.62. The molecule has 0 fully saturated rings. The Hall–Kier alpha value is -1.16. The third-order valence-corrected chi connectivity index (χ3v) is 3.18. The zero-order chi connectivity index (χ0) is 13.3. The van der Waals surface area contributed by atoms with Crippen LogP contribution in [0.2, 0.25) is 10.0 Å². The fourth-order valence-corrected chi connectivity index (χ4v) is 2.13. The van der Waals surface area contributed by atoms with Crippen molar-refractivity contribution in [3.05, 3.63) is 69.2 Å². The van der Waals surface area contributed by atoms with Crippen molar-refractivity contribution in [2.75, 3.05) is 0 Å². The smallest absolute Gasteiger partial charge is 0.131 e. The largest absolute Gasteiger partial charge is 0.320 e. The lowest BCUT2D eigenvalue weighted by Crippen LogP contribution is -2.16. The van der Waals surface area contributed by atoms with E-state index >= 15 is 0 Å². The number of nitrogens with two attached hydrogens (primary N) is 1. The van der Waals surface area contributed by atoms with Gasteiger partial charge in [0.1, 0.15) is 11.6 Å². The lowest BCUT2D eigenvalue weighted by atomic mass is 9.98. The highest BCUT2D eigenvalue weighted by Crippen LogP contribution is 2.31. The number of benzene rings is 2. The average Bonchev–Trinajstić information content (AvgIpc) is 2.32. The predicted octanol–water partition coefficient (Wildman–Crippen LogP) is 4.32. The van der Waals surface area contributed by atoms with Crippen LogP contribution in [0.4, 0.5) is 8.78 Å². The van der Waals surface area contributed by atoms with Gasteiger partial charge in [-0.25, -0.2) is 8.78 Å². The second-order valence-electron chi connectivity index (χ2n) is 3.78. The van der Waals surface area contributed by atoms with Gasteiger partial charge in [-0.05, 0) is 35.9 Å². The number of rotatable bonds is 2. The fraction of sp³-hybridized carbons (Fsp3) is 0.0769. The SMILES string of the molecule is NC(c1cc(Cl)ccc1Cl)c1c(F)cccc1F. The molecule has 0 aliphatic heterocycles. The zero-order valence-electron chi connectivity index (χ0n) is 9.13. The minimum atomic E-state index is -1.00. The molecule has 2 aromatic rings. The van der Waals surface area contributed by atoms with Crippen LogP contribution in [0, 0.1) is 11.6 Å². The molecule has 0 aromatic heterocycles. The molecule has 0 heterocycles. The van der Waals surface area contributed by atoms with Crippen LogP contribution in [0.3, 0.4) is 0 Å². The van der Waals surface area contributed by atoms with Gasteiger partial charge >= 0.3 is 0 Å². The zero-order valence-corrected chi connectivity index (χ0v) is 10.6. The van der Waals surface area contributed by atoms with Gasteiger partial charge in [-0.2, -0.15) is 0 Å². The Balaban J connectivity index is 2.54. The van der Waals surface area contributed by atoms with Crippen LogP contribution in [-0.4, -0.2) is 0 Å². The van der Waals surface area contributed by atoms with Crippen molar-refractivity contribution < 1.29 is 8.78 Å². The molecule has 2 N–H and O–H groups in total. The summed E-state index contributed by atoms with van der Waals surface area (Å²) < 4.78 is 27.2. The topological polar surface area (TPSA) is 26.0 Å². The van der Waals surface area contributed by atoms with Gasteiger partial charge in [-0.15, -0.1) is 0 Å². The molecule has 0 amide bonds. The normalized spacial score (nSPS) is 12.5. The highest BCUT2D eigenvalue weighted by atomic mass is 35.5. The minimum Gasteiger partial charge on any atom is -0.320 e. The van der Waals surface area contributed by atoms with Crippen molar-refractivity contribution in [3.63, 3.8) is 0 Å². The van der Waals surface area contributed by atoms with Crippen LogP contribution < -0.4 is 5.73 Å². The Kier molecular flexibility index (Phi) is 3.85. The summed E-state index contributed by atoms with van der Waals surface area (Å²) in [7, 11) is 0. The minimum absolute atomic E-state index is 0.221. The van der Waals surface area contributed by atoms with E-state index in [0.29, 0.717) is 15.6 Å². The predicted molar refractivity (Wildman–Crippen MR) is 68.9 cm³/mol. The van der Waals surface area contributed by atoms with E-state index in [1.807, 2.05) is 0 Å². The summed E-state index contributed by atoms with van der Waals surface area (Å²) >= 11 is 11.8. The molecule has 0 aliphatic rings. The van der Waals surface area contributed by atoms with Crippen LogP contribution in [0.5, 0.6) is 0 Å². The monoisotopic (exact) mass is 287 g/mol. The Labute approximate surface area is 113 Å². The lowest BCUT2D eigenvalue weighted by molar-refractivity contribution is 0.543. The Morgan fingerprint density at radius 1 is 1.00 bits per heavy atom. The second kappa shape index (κ2) is 5.22. The first-order valence-corrected chi connectivity index (χ1v) is 5.90. The van der Waals surface area contributed by atoms with Gasteiger partial charge in [0.2, 0.25) is 0 Å². The molecule has 2 aromatic carbocycles. The number of hydrogen-bond acceptors (Lipinski definition) is 1. The summed E-state index contributed by atoms with van der Waals surface area (Å²) in [5.74, 6) is -1.42. The van der Waals surface area contributed by atoms with Crippen molar-refractivity contribution in [2.24, 2.45) is 5.73 Å². The van der Waals surface area contributed by atoms with E-state index in [0.717, 1.165) is 12.1 Å². The lowest BCUT2D eigenvalue weighted by Gasteiger charge is -2.16.